The van der Waals surface area contributed by atoms with Gasteiger partial charge in [0.05, 0.1) is 0 Å². The molecule has 0 radical (unpaired) electrons. The van der Waals surface area contributed by atoms with Crippen LogP contribution in [-0.2, 0) is 0 Å². The predicted octanol–water partition coefficient (Wildman–Crippen LogP) is 3.51. The number of pyridine rings is 1. The smallest absolute Gasteiger partial charge is 0.245 e. The summed E-state index contributed by atoms with van der Waals surface area (Å²) in [6.07, 6.45) is 3.93. The summed E-state index contributed by atoms with van der Waals surface area (Å²) in [4.78, 5) is 15.2. The lowest BCUT2D eigenvalue weighted by Gasteiger charge is -2.14. The summed E-state index contributed by atoms with van der Waals surface area (Å²) < 4.78 is 1.97. The number of hydrogen-bond acceptors (Lipinski definition) is 2. The van der Waals surface area contributed by atoms with E-state index in [1.165, 1.54) is 0 Å². The highest BCUT2D eigenvalue weighted by molar-refractivity contribution is 5.99. The Hall–Kier alpha value is -2.94. The Kier molecular flexibility index (Phi) is 4.71. The largest absolute Gasteiger partial charge is 0.377 e. The molecule has 1 aromatic heterocycles. The van der Waals surface area contributed by atoms with Crippen molar-refractivity contribution < 1.29 is 9.36 Å². The highest BCUT2D eigenvalue weighted by atomic mass is 16.1. The van der Waals surface area contributed by atoms with Crippen LogP contribution in [0.4, 0.5) is 5.69 Å². The van der Waals surface area contributed by atoms with Crippen LogP contribution in [0.25, 0.3) is 0 Å². The number of rotatable bonds is 5. The lowest BCUT2D eigenvalue weighted by Crippen LogP contribution is -2.44. The standard InChI is InChI=1S/C21H21N2O/c1-22(2)19-13-15-23(16-14-19)20(17-9-5-3-6-10-17)21(24)18-11-7-4-8-12-18/h3-16,20H,1-2H3/q+1. The fourth-order valence-corrected chi connectivity index (χ4v) is 2.75. The Labute approximate surface area is 142 Å². The molecule has 0 fully saturated rings. The highest BCUT2D eigenvalue weighted by Gasteiger charge is 2.30. The van der Waals surface area contributed by atoms with Gasteiger partial charge >= 0.3 is 0 Å². The Morgan fingerprint density at radius 1 is 0.833 bits per heavy atom. The lowest BCUT2D eigenvalue weighted by atomic mass is 9.97. The minimum Gasteiger partial charge on any atom is -0.377 e. The number of carbonyl (C=O) groups is 1. The SMILES string of the molecule is CN(C)c1cc[n+](C(C(=O)c2ccccc2)c2ccccc2)cc1. The van der Waals surface area contributed by atoms with Crippen LogP contribution >= 0.6 is 0 Å². The third kappa shape index (κ3) is 3.35. The molecule has 3 rings (SSSR count). The molecule has 24 heavy (non-hydrogen) atoms. The summed E-state index contributed by atoms with van der Waals surface area (Å²) in [5.41, 5.74) is 2.80. The normalized spacial score (nSPS) is 11.8. The topological polar surface area (TPSA) is 24.2 Å². The summed E-state index contributed by atoms with van der Waals surface area (Å²) in [6, 6.07) is 23.0. The molecule has 1 unspecified atom stereocenters. The lowest BCUT2D eigenvalue weighted by molar-refractivity contribution is -0.699. The maximum Gasteiger partial charge on any atom is 0.245 e. The molecule has 0 bridgehead atoms. The van der Waals surface area contributed by atoms with E-state index in [0.29, 0.717) is 0 Å². The van der Waals surface area contributed by atoms with E-state index in [1.54, 1.807) is 0 Å². The second-order valence-corrected chi connectivity index (χ2v) is 5.94. The molecule has 120 valence electrons. The average Bonchev–Trinajstić information content (AvgIpc) is 2.64. The molecule has 1 heterocycles. The number of nitrogens with zero attached hydrogens (tertiary/aromatic N) is 2. The quantitative estimate of drug-likeness (QED) is 0.531. The Morgan fingerprint density at radius 2 is 1.38 bits per heavy atom. The fraction of sp³-hybridized carbons (Fsp3) is 0.143. The molecule has 0 spiro atoms. The van der Waals surface area contributed by atoms with Crippen LogP contribution in [0.15, 0.2) is 85.2 Å². The van der Waals surface area contributed by atoms with Gasteiger partial charge in [-0.15, -0.1) is 0 Å². The van der Waals surface area contributed by atoms with Crippen LogP contribution in [0, 0.1) is 0 Å². The summed E-state index contributed by atoms with van der Waals surface area (Å²) in [7, 11) is 4.01. The molecular weight excluding hydrogens is 296 g/mol. The molecule has 0 N–H and O–H groups in total. The van der Waals surface area contributed by atoms with Gasteiger partial charge in [-0.05, 0) is 0 Å². The van der Waals surface area contributed by atoms with Crippen molar-refractivity contribution in [3.05, 3.63) is 96.3 Å². The fourth-order valence-electron chi connectivity index (χ4n) is 2.75. The van der Waals surface area contributed by atoms with Crippen molar-refractivity contribution in [1.82, 2.24) is 0 Å². The van der Waals surface area contributed by atoms with Gasteiger partial charge in [-0.3, -0.25) is 4.79 Å². The van der Waals surface area contributed by atoms with Crippen LogP contribution in [-0.4, -0.2) is 19.9 Å². The molecule has 0 aliphatic carbocycles. The van der Waals surface area contributed by atoms with E-state index in [4.69, 9.17) is 0 Å². The van der Waals surface area contributed by atoms with Crippen LogP contribution in [0.2, 0.25) is 0 Å². The van der Waals surface area contributed by atoms with Gasteiger partial charge in [-0.25, -0.2) is 0 Å². The highest BCUT2D eigenvalue weighted by Crippen LogP contribution is 2.19. The first-order valence-electron chi connectivity index (χ1n) is 7.99. The molecule has 3 heteroatoms. The Balaban J connectivity index is 2.04. The third-order valence-corrected chi connectivity index (χ3v) is 4.07. The van der Waals surface area contributed by atoms with Crippen LogP contribution < -0.4 is 9.47 Å². The van der Waals surface area contributed by atoms with Gasteiger partial charge in [0.15, 0.2) is 12.4 Å². The molecule has 0 saturated heterocycles. The van der Waals surface area contributed by atoms with E-state index < -0.39 is 0 Å². The number of Topliss-reactive ketones (excluding diaryl/α,β-unsaturated/α-hetero) is 1. The Bertz CT molecular complexity index is 796. The second-order valence-electron chi connectivity index (χ2n) is 5.94. The molecule has 0 saturated carbocycles. The average molecular weight is 317 g/mol. The molecular formula is C21H21N2O+. The first kappa shape index (κ1) is 15.9. The number of hydrogen-bond donors (Lipinski definition) is 0. The van der Waals surface area contributed by atoms with E-state index >= 15 is 0 Å². The van der Waals surface area contributed by atoms with E-state index in [-0.39, 0.29) is 11.8 Å². The zero-order valence-electron chi connectivity index (χ0n) is 14.0. The zero-order chi connectivity index (χ0) is 16.9. The summed E-state index contributed by atoms with van der Waals surface area (Å²) in [6.45, 7) is 0. The van der Waals surface area contributed by atoms with Gasteiger partial charge in [0.25, 0.3) is 0 Å². The van der Waals surface area contributed by atoms with E-state index in [0.717, 1.165) is 16.8 Å². The number of benzene rings is 2. The number of anilines is 1. The maximum absolute atomic E-state index is 13.1. The maximum atomic E-state index is 13.1. The molecule has 0 amide bonds. The Morgan fingerprint density at radius 3 is 1.92 bits per heavy atom. The second kappa shape index (κ2) is 7.09. The first-order valence-corrected chi connectivity index (χ1v) is 7.99. The minimum absolute atomic E-state index is 0.0874. The third-order valence-electron chi connectivity index (χ3n) is 4.07. The molecule has 0 aliphatic heterocycles. The predicted molar refractivity (Wildman–Crippen MR) is 96.3 cm³/mol. The van der Waals surface area contributed by atoms with Crippen molar-refractivity contribution >= 4 is 11.5 Å². The van der Waals surface area contributed by atoms with Gasteiger partial charge in [-0.1, -0.05) is 60.7 Å². The van der Waals surface area contributed by atoms with Gasteiger partial charge in [0, 0.05) is 43.0 Å². The van der Waals surface area contributed by atoms with Gasteiger partial charge < -0.3 is 4.90 Å². The minimum atomic E-state index is -0.371. The number of carbonyl (C=O) groups excluding carboxylic acids is 1. The van der Waals surface area contributed by atoms with Crippen molar-refractivity contribution in [3.63, 3.8) is 0 Å². The van der Waals surface area contributed by atoms with Gasteiger partial charge in [0.1, 0.15) is 0 Å². The van der Waals surface area contributed by atoms with Gasteiger partial charge in [0.2, 0.25) is 11.8 Å². The summed E-state index contributed by atoms with van der Waals surface area (Å²) >= 11 is 0. The molecule has 2 aromatic carbocycles. The monoisotopic (exact) mass is 317 g/mol. The molecule has 3 aromatic rings. The van der Waals surface area contributed by atoms with Crippen LogP contribution in [0.1, 0.15) is 22.0 Å². The molecule has 3 nitrogen and oxygen atoms in total. The van der Waals surface area contributed by atoms with Crippen molar-refractivity contribution in [1.29, 1.82) is 0 Å². The van der Waals surface area contributed by atoms with Crippen molar-refractivity contribution in [3.8, 4) is 0 Å². The number of ketones is 1. The van der Waals surface area contributed by atoms with Gasteiger partial charge in [-0.2, -0.15) is 4.57 Å². The van der Waals surface area contributed by atoms with Crippen LogP contribution in [0.3, 0.4) is 0 Å². The summed E-state index contributed by atoms with van der Waals surface area (Å²) in [5, 5.41) is 0. The molecule has 1 atom stereocenters. The van der Waals surface area contributed by atoms with E-state index in [2.05, 4.69) is 0 Å². The summed E-state index contributed by atoms with van der Waals surface area (Å²) in [5.74, 6) is 0.0874. The van der Waals surface area contributed by atoms with Crippen molar-refractivity contribution in [2.75, 3.05) is 19.0 Å². The van der Waals surface area contributed by atoms with E-state index in [9.17, 15) is 4.79 Å². The van der Waals surface area contributed by atoms with Crippen molar-refractivity contribution in [2.24, 2.45) is 0 Å². The first-order chi connectivity index (χ1) is 11.7. The number of aromatic nitrogens is 1. The van der Waals surface area contributed by atoms with Crippen LogP contribution in [0.5, 0.6) is 0 Å². The zero-order valence-corrected chi connectivity index (χ0v) is 14.0. The van der Waals surface area contributed by atoms with Crippen molar-refractivity contribution in [2.45, 2.75) is 6.04 Å². The van der Waals surface area contributed by atoms with E-state index in [1.807, 2.05) is 109 Å². The molecule has 0 aliphatic rings.